The molecule has 1 aromatic rings. The third kappa shape index (κ3) is 4.79. The minimum atomic E-state index is 0.232. The molecule has 2 nitrogen and oxygen atoms in total. The van der Waals surface area contributed by atoms with E-state index in [0.29, 0.717) is 5.92 Å². The first-order valence-electron chi connectivity index (χ1n) is 6.77. The molecule has 1 rings (SSSR count). The van der Waals surface area contributed by atoms with E-state index in [1.807, 2.05) is 0 Å². The quantitative estimate of drug-likeness (QED) is 0.868. The molecule has 0 amide bonds. The summed E-state index contributed by atoms with van der Waals surface area (Å²) in [6.07, 6.45) is 1.07. The van der Waals surface area contributed by atoms with Crippen LogP contribution in [0.1, 0.15) is 31.9 Å². The topological polar surface area (TPSA) is 29.3 Å². The van der Waals surface area contributed by atoms with Crippen molar-refractivity contribution in [1.29, 1.82) is 0 Å². The second-order valence-electron chi connectivity index (χ2n) is 6.52. The zero-order valence-corrected chi connectivity index (χ0v) is 12.5. The van der Waals surface area contributed by atoms with Gasteiger partial charge in [0.05, 0.1) is 0 Å². The van der Waals surface area contributed by atoms with Gasteiger partial charge in [0.15, 0.2) is 0 Å². The van der Waals surface area contributed by atoms with E-state index in [-0.39, 0.29) is 5.41 Å². The molecular weight excluding hydrogens is 220 g/mol. The number of rotatable bonds is 5. The fraction of sp³-hybridized carbons (Fsp3) is 0.625. The summed E-state index contributed by atoms with van der Waals surface area (Å²) in [5, 5.41) is 0. The first-order chi connectivity index (χ1) is 8.32. The number of nitrogens with zero attached hydrogens (tertiary/aromatic N) is 1. The molecule has 0 heterocycles. The fourth-order valence-corrected chi connectivity index (χ4v) is 2.21. The van der Waals surface area contributed by atoms with Gasteiger partial charge in [-0.3, -0.25) is 0 Å². The Bertz CT molecular complexity index is 346. The Kier molecular flexibility index (Phi) is 5.36. The van der Waals surface area contributed by atoms with E-state index in [2.05, 4.69) is 64.0 Å². The molecule has 2 heteroatoms. The van der Waals surface area contributed by atoms with E-state index in [4.69, 9.17) is 5.73 Å². The summed E-state index contributed by atoms with van der Waals surface area (Å²) in [4.78, 5) is 2.21. The molecule has 2 N–H and O–H groups in total. The van der Waals surface area contributed by atoms with Crippen molar-refractivity contribution in [2.24, 2.45) is 11.7 Å². The van der Waals surface area contributed by atoms with E-state index < -0.39 is 0 Å². The van der Waals surface area contributed by atoms with Gasteiger partial charge in [-0.1, -0.05) is 45.0 Å². The number of hydrogen-bond acceptors (Lipinski definition) is 2. The molecule has 0 spiro atoms. The maximum absolute atomic E-state index is 5.84. The first-order valence-corrected chi connectivity index (χ1v) is 6.77. The van der Waals surface area contributed by atoms with Crippen molar-refractivity contribution >= 4 is 0 Å². The zero-order chi connectivity index (χ0) is 13.8. The van der Waals surface area contributed by atoms with Gasteiger partial charge in [0.25, 0.3) is 0 Å². The van der Waals surface area contributed by atoms with Gasteiger partial charge in [0.1, 0.15) is 0 Å². The van der Waals surface area contributed by atoms with Gasteiger partial charge in [-0.15, -0.1) is 0 Å². The monoisotopic (exact) mass is 248 g/mol. The average molecular weight is 248 g/mol. The molecular formula is C16H28N2. The molecule has 0 radical (unpaired) electrons. The van der Waals surface area contributed by atoms with Crippen LogP contribution >= 0.6 is 0 Å². The summed E-state index contributed by atoms with van der Waals surface area (Å²) in [5.41, 5.74) is 8.85. The largest absolute Gasteiger partial charge is 0.330 e. The van der Waals surface area contributed by atoms with Crippen molar-refractivity contribution in [3.8, 4) is 0 Å². The number of nitrogens with two attached hydrogens (primary N) is 1. The Morgan fingerprint density at radius 1 is 1.11 bits per heavy atom. The lowest BCUT2D eigenvalue weighted by Gasteiger charge is -2.21. The van der Waals surface area contributed by atoms with Gasteiger partial charge in [-0.05, 0) is 49.5 Å². The molecule has 0 saturated carbocycles. The maximum atomic E-state index is 5.84. The van der Waals surface area contributed by atoms with Crippen LogP contribution in [0, 0.1) is 5.92 Å². The van der Waals surface area contributed by atoms with Crippen LogP contribution in [0.3, 0.4) is 0 Å². The van der Waals surface area contributed by atoms with E-state index in [1.54, 1.807) is 0 Å². The van der Waals surface area contributed by atoms with Gasteiger partial charge in [0.2, 0.25) is 0 Å². The highest BCUT2D eigenvalue weighted by Gasteiger charge is 2.14. The molecule has 0 saturated heterocycles. The zero-order valence-electron chi connectivity index (χ0n) is 12.5. The Balaban J connectivity index is 2.68. The van der Waals surface area contributed by atoms with Crippen LogP contribution in [0.4, 0.5) is 0 Å². The summed E-state index contributed by atoms with van der Waals surface area (Å²) < 4.78 is 0. The summed E-state index contributed by atoms with van der Waals surface area (Å²) in [6.45, 7) is 8.54. The first kappa shape index (κ1) is 15.2. The Labute approximate surface area is 112 Å². The molecule has 0 aromatic heterocycles. The lowest BCUT2D eigenvalue weighted by atomic mass is 9.86. The van der Waals surface area contributed by atoms with Crippen molar-refractivity contribution < 1.29 is 0 Å². The van der Waals surface area contributed by atoms with Crippen LogP contribution in [-0.4, -0.2) is 32.1 Å². The molecule has 0 aliphatic heterocycles. The fourth-order valence-electron chi connectivity index (χ4n) is 2.21. The molecule has 18 heavy (non-hydrogen) atoms. The van der Waals surface area contributed by atoms with E-state index in [9.17, 15) is 0 Å². The smallest absolute Gasteiger partial charge is 0.00188 e. The van der Waals surface area contributed by atoms with Crippen LogP contribution < -0.4 is 5.73 Å². The molecule has 1 aromatic carbocycles. The van der Waals surface area contributed by atoms with Crippen molar-refractivity contribution in [3.05, 3.63) is 35.4 Å². The highest BCUT2D eigenvalue weighted by atomic mass is 15.1. The number of benzene rings is 1. The van der Waals surface area contributed by atoms with Crippen LogP contribution in [0.5, 0.6) is 0 Å². The van der Waals surface area contributed by atoms with Crippen molar-refractivity contribution in [3.63, 3.8) is 0 Å². The van der Waals surface area contributed by atoms with Gasteiger partial charge in [0, 0.05) is 6.54 Å². The summed E-state index contributed by atoms with van der Waals surface area (Å²) in [6, 6.07) is 8.99. The minimum absolute atomic E-state index is 0.232. The molecule has 1 unspecified atom stereocenters. The average Bonchev–Trinajstić information content (AvgIpc) is 2.27. The lowest BCUT2D eigenvalue weighted by Crippen LogP contribution is -2.29. The molecule has 102 valence electrons. The summed E-state index contributed by atoms with van der Waals surface area (Å²) >= 11 is 0. The van der Waals surface area contributed by atoms with Crippen LogP contribution in [0.2, 0.25) is 0 Å². The highest BCUT2D eigenvalue weighted by molar-refractivity contribution is 5.27. The predicted octanol–water partition coefficient (Wildman–Crippen LogP) is 2.66. The van der Waals surface area contributed by atoms with Gasteiger partial charge < -0.3 is 10.6 Å². The van der Waals surface area contributed by atoms with Gasteiger partial charge in [-0.25, -0.2) is 0 Å². The molecule has 0 aliphatic carbocycles. The third-order valence-electron chi connectivity index (χ3n) is 3.30. The Morgan fingerprint density at radius 2 is 1.67 bits per heavy atom. The second-order valence-corrected chi connectivity index (χ2v) is 6.52. The van der Waals surface area contributed by atoms with Crippen LogP contribution in [-0.2, 0) is 11.8 Å². The number of hydrogen-bond donors (Lipinski definition) is 1. The van der Waals surface area contributed by atoms with Crippen molar-refractivity contribution in [1.82, 2.24) is 4.90 Å². The molecule has 1 atom stereocenters. The Hall–Kier alpha value is -0.860. The maximum Gasteiger partial charge on any atom is 0.00188 e. The molecule has 0 fully saturated rings. The van der Waals surface area contributed by atoms with Gasteiger partial charge in [-0.2, -0.15) is 0 Å². The second kappa shape index (κ2) is 6.35. The highest BCUT2D eigenvalue weighted by Crippen LogP contribution is 2.22. The molecule has 0 aliphatic rings. The van der Waals surface area contributed by atoms with E-state index in [0.717, 1.165) is 19.5 Å². The van der Waals surface area contributed by atoms with Crippen molar-refractivity contribution in [2.45, 2.75) is 32.6 Å². The standard InChI is InChI=1S/C16H28N2/c1-16(2,3)15-8-6-13(7-9-15)10-14(11-17)12-18(4)5/h6-9,14H,10-12,17H2,1-5H3. The third-order valence-corrected chi connectivity index (χ3v) is 3.30. The predicted molar refractivity (Wildman–Crippen MR) is 79.9 cm³/mol. The summed E-state index contributed by atoms with van der Waals surface area (Å²) in [7, 11) is 4.21. The van der Waals surface area contributed by atoms with Crippen LogP contribution in [0.15, 0.2) is 24.3 Å². The summed E-state index contributed by atoms with van der Waals surface area (Å²) in [5.74, 6) is 0.542. The minimum Gasteiger partial charge on any atom is -0.330 e. The molecule has 0 bridgehead atoms. The SMILES string of the molecule is CN(C)CC(CN)Cc1ccc(C(C)(C)C)cc1. The van der Waals surface area contributed by atoms with Gasteiger partial charge >= 0.3 is 0 Å². The van der Waals surface area contributed by atoms with E-state index >= 15 is 0 Å². The lowest BCUT2D eigenvalue weighted by molar-refractivity contribution is 0.327. The van der Waals surface area contributed by atoms with E-state index in [1.165, 1.54) is 11.1 Å². The van der Waals surface area contributed by atoms with Crippen LogP contribution in [0.25, 0.3) is 0 Å². The normalized spacial score (nSPS) is 13.9. The van der Waals surface area contributed by atoms with Crippen molar-refractivity contribution in [2.75, 3.05) is 27.2 Å². The Morgan fingerprint density at radius 3 is 2.06 bits per heavy atom.